The third-order valence-corrected chi connectivity index (χ3v) is 0. The van der Waals surface area contributed by atoms with Gasteiger partial charge in [-0.1, -0.05) is 0 Å². The van der Waals surface area contributed by atoms with Gasteiger partial charge in [-0.2, -0.15) is 9.90 Å². The molecule has 6 heavy (non-hydrogen) atoms. The van der Waals surface area contributed by atoms with Crippen LogP contribution >= 0.6 is 9.90 Å². The van der Waals surface area contributed by atoms with Crippen molar-refractivity contribution in [3.63, 3.8) is 0 Å². The zero-order chi connectivity index (χ0) is 0. The van der Waals surface area contributed by atoms with E-state index in [0.717, 1.165) is 0 Å². The van der Waals surface area contributed by atoms with Gasteiger partial charge in [-0.15, -0.1) is 0 Å². The molecule has 0 rings (SSSR count). The second-order valence-electron chi connectivity index (χ2n) is 0. The molecule has 0 aliphatic heterocycles. The van der Waals surface area contributed by atoms with Gasteiger partial charge in [-0.3, -0.25) is 0 Å². The van der Waals surface area contributed by atoms with Gasteiger partial charge in [-0.05, 0) is 0 Å². The summed E-state index contributed by atoms with van der Waals surface area (Å²) in [5, 5.41) is 0. The molecule has 0 aromatic heterocycles. The summed E-state index contributed by atoms with van der Waals surface area (Å²) in [5.41, 5.74) is 0. The monoisotopic (exact) mass is 500 g/mol. The largest absolute Gasteiger partial charge is 3.00 e. The van der Waals surface area contributed by atoms with Crippen LogP contribution in [0.15, 0.2) is 0 Å². The Balaban J connectivity index is 0. The maximum absolute atomic E-state index is 0. The van der Waals surface area contributed by atoms with Crippen molar-refractivity contribution < 1.29 is 16.4 Å². The van der Waals surface area contributed by atoms with Crippen LogP contribution < -0.4 is 0 Å². The summed E-state index contributed by atoms with van der Waals surface area (Å²) in [5.74, 6) is 0. The van der Waals surface area contributed by atoms with Crippen molar-refractivity contribution in [1.82, 2.24) is 0 Å². The average Bonchev–Trinajstić information content (AvgIpc) is 0. The Morgan fingerprint density at radius 2 is 0.500 bits per heavy atom. The quantitative estimate of drug-likeness (QED) is 0.301. The van der Waals surface area contributed by atoms with E-state index in [1.807, 2.05) is 0 Å². The van der Waals surface area contributed by atoms with Crippen LogP contribution in [0.2, 0.25) is 0 Å². The molecule has 0 aliphatic rings. The molecular weight excluding hydrogens is 497 g/mol. The van der Waals surface area contributed by atoms with E-state index in [-0.39, 0.29) is 78.7 Å². The number of rotatable bonds is 0. The van der Waals surface area contributed by atoms with E-state index in [0.29, 0.717) is 0 Å². The summed E-state index contributed by atoms with van der Waals surface area (Å²) < 4.78 is 0. The molecule has 3 nitrogen and oxygen atoms in total. The molecule has 0 fully saturated rings. The van der Waals surface area contributed by atoms with Crippen LogP contribution in [0, 0.1) is 0 Å². The van der Waals surface area contributed by atoms with E-state index in [1.54, 1.807) is 0 Å². The molecule has 1 atom stereocenters. The molecule has 36 valence electrons. The zero-order valence-corrected chi connectivity index (χ0v) is 11.2. The van der Waals surface area contributed by atoms with Crippen LogP contribution in [0.3, 0.4) is 0 Å². The van der Waals surface area contributed by atoms with Crippen molar-refractivity contribution >= 4 is 62.3 Å². The van der Waals surface area contributed by atoms with E-state index in [1.165, 1.54) is 0 Å². The third-order valence-electron chi connectivity index (χ3n) is 0. The minimum absolute atomic E-state index is 0. The average molecular weight is 500 g/mol. The van der Waals surface area contributed by atoms with Crippen LogP contribution in [0.25, 0.3) is 0 Å². The molecule has 0 N–H and O–H groups in total. The van der Waals surface area contributed by atoms with E-state index >= 15 is 0 Å². The van der Waals surface area contributed by atoms with Crippen LogP contribution in [-0.2, 0) is 16.4 Å². The molecule has 0 aromatic carbocycles. The summed E-state index contributed by atoms with van der Waals surface area (Å²) in [4.78, 5) is 0. The Labute approximate surface area is 78.1 Å². The second-order valence-corrected chi connectivity index (χ2v) is 0. The van der Waals surface area contributed by atoms with E-state index < -0.39 is 0 Å². The first kappa shape index (κ1) is 93.8. The van der Waals surface area contributed by atoms with Gasteiger partial charge in [0.1, 0.15) is 0 Å². The molecule has 1 unspecified atom stereocenters. The fraction of sp³-hybridized carbons (Fsp3) is 0. The summed E-state index contributed by atoms with van der Waals surface area (Å²) in [6, 6.07) is 0. The number of hydrogen-bond donors (Lipinski definition) is 0. The van der Waals surface area contributed by atoms with Crippen molar-refractivity contribution in [1.29, 1.82) is 0 Å². The normalized spacial score (nSPS) is 0. The van der Waals surface area contributed by atoms with Crippen LogP contribution in [0.1, 0.15) is 0 Å². The van der Waals surface area contributed by atoms with Crippen molar-refractivity contribution in [2.75, 3.05) is 0 Å². The topological polar surface area (TPSA) is 85.5 Å². The molecule has 0 amide bonds. The second kappa shape index (κ2) is 60.6. The summed E-state index contributed by atoms with van der Waals surface area (Å²) >= 11 is 0. The summed E-state index contributed by atoms with van der Waals surface area (Å²) in [6.45, 7) is 0. The molecule has 0 aliphatic carbocycles. The van der Waals surface area contributed by atoms with E-state index in [9.17, 15) is 0 Å². The molecule has 0 aromatic rings. The molecule has 0 saturated carbocycles. The van der Waals surface area contributed by atoms with Crippen molar-refractivity contribution in [3.05, 3.63) is 0 Å². The molecule has 0 saturated heterocycles. The fourth-order valence-electron chi connectivity index (χ4n) is 0. The van der Waals surface area contributed by atoms with Gasteiger partial charge >= 0.3 is 52.4 Å². The van der Waals surface area contributed by atoms with Gasteiger partial charge in [0.2, 0.25) is 0 Å². The van der Waals surface area contributed by atoms with E-state index in [2.05, 4.69) is 0 Å². The fourth-order valence-corrected chi connectivity index (χ4v) is 0. The zero-order valence-electron chi connectivity index (χ0n) is 2.83. The number of hydrogen-bond acceptors (Lipinski definition) is 0. The Bertz CT molecular complexity index is 8.75. The Kier molecular flexibility index (Phi) is 948. The molecular formula is H3Bi2O3P. The predicted molar refractivity (Wildman–Crippen MR) is 24.7 cm³/mol. The molecule has 0 heterocycles. The van der Waals surface area contributed by atoms with Gasteiger partial charge in [-0.25, -0.2) is 0 Å². The van der Waals surface area contributed by atoms with Crippen molar-refractivity contribution in [2.45, 2.75) is 0 Å². The molecule has 0 spiro atoms. The van der Waals surface area contributed by atoms with Crippen molar-refractivity contribution in [2.24, 2.45) is 0 Å². The predicted octanol–water partition coefficient (Wildman–Crippen LogP) is -1.06. The van der Waals surface area contributed by atoms with Gasteiger partial charge in [0, 0.05) is 0 Å². The first-order chi connectivity index (χ1) is 0. The maximum atomic E-state index is 0. The molecule has 4 radical (unpaired) electrons. The SMILES string of the molecule is P.[Bi+3].[Bi+3].[O-2].[O-2].[O-2]. The third kappa shape index (κ3) is 36.3. The first-order valence-corrected chi connectivity index (χ1v) is 0. The molecule has 0 bridgehead atoms. The van der Waals surface area contributed by atoms with Crippen LogP contribution in [0.4, 0.5) is 0 Å². The van der Waals surface area contributed by atoms with Gasteiger partial charge in [0.15, 0.2) is 0 Å². The standard InChI is InChI=1S/2Bi.3O.H3P/h;;;;;1H3/q2*+3;3*-2;. The minimum Gasteiger partial charge on any atom is -2.00 e. The summed E-state index contributed by atoms with van der Waals surface area (Å²) in [6.07, 6.45) is 0. The Hall–Kier alpha value is 2.08. The Morgan fingerprint density at radius 1 is 0.500 bits per heavy atom. The van der Waals surface area contributed by atoms with Gasteiger partial charge in [0.25, 0.3) is 0 Å². The van der Waals surface area contributed by atoms with E-state index in [4.69, 9.17) is 0 Å². The maximum Gasteiger partial charge on any atom is 3.00 e. The van der Waals surface area contributed by atoms with Crippen LogP contribution in [0.5, 0.6) is 0 Å². The van der Waals surface area contributed by atoms with Gasteiger partial charge in [0.05, 0.1) is 0 Å². The van der Waals surface area contributed by atoms with Crippen LogP contribution in [-0.4, -0.2) is 52.4 Å². The smallest absolute Gasteiger partial charge is 2.00 e. The first-order valence-electron chi connectivity index (χ1n) is 0. The minimum atomic E-state index is 0. The van der Waals surface area contributed by atoms with Gasteiger partial charge < -0.3 is 16.4 Å². The Morgan fingerprint density at radius 3 is 0.500 bits per heavy atom. The van der Waals surface area contributed by atoms with Crippen molar-refractivity contribution in [3.8, 4) is 0 Å². The molecule has 6 heteroatoms. The summed E-state index contributed by atoms with van der Waals surface area (Å²) in [7, 11) is 0.